The van der Waals surface area contributed by atoms with Gasteiger partial charge >= 0.3 is 0 Å². The van der Waals surface area contributed by atoms with Crippen molar-refractivity contribution in [3.8, 4) is 34.1 Å². The van der Waals surface area contributed by atoms with E-state index in [1.807, 2.05) is 42.5 Å². The first-order valence-electron chi connectivity index (χ1n) is 12.0. The van der Waals surface area contributed by atoms with Crippen molar-refractivity contribution in [3.63, 3.8) is 0 Å². The highest BCUT2D eigenvalue weighted by molar-refractivity contribution is 6.00. The van der Waals surface area contributed by atoms with E-state index in [1.165, 1.54) is 0 Å². The fraction of sp³-hybridized carbons (Fsp3) is 0.103. The van der Waals surface area contributed by atoms with Gasteiger partial charge in [0.15, 0.2) is 0 Å². The van der Waals surface area contributed by atoms with Crippen molar-refractivity contribution < 1.29 is 19.4 Å². The number of carbonyl (C=O) groups excluding carboxylic acids is 2. The summed E-state index contributed by atoms with van der Waals surface area (Å²) in [6.07, 6.45) is 1.81. The van der Waals surface area contributed by atoms with Crippen molar-refractivity contribution in [2.75, 3.05) is 12.4 Å². The summed E-state index contributed by atoms with van der Waals surface area (Å²) < 4.78 is 5.38. The van der Waals surface area contributed by atoms with Crippen molar-refractivity contribution in [1.82, 2.24) is 20.3 Å². The molecule has 1 aliphatic rings. The zero-order valence-electron chi connectivity index (χ0n) is 20.4. The lowest BCUT2D eigenvalue weighted by atomic mass is 9.97. The van der Waals surface area contributed by atoms with Crippen LogP contribution in [0.15, 0.2) is 79.0 Å². The second kappa shape index (κ2) is 9.36. The van der Waals surface area contributed by atoms with Crippen LogP contribution in [-0.4, -0.2) is 39.0 Å². The molecular weight excluding hydrogens is 482 g/mol. The third-order valence-corrected chi connectivity index (χ3v) is 6.58. The van der Waals surface area contributed by atoms with Crippen molar-refractivity contribution in [1.29, 1.82) is 0 Å². The molecule has 0 saturated heterocycles. The van der Waals surface area contributed by atoms with Gasteiger partial charge in [-0.1, -0.05) is 24.3 Å². The zero-order valence-corrected chi connectivity index (χ0v) is 20.4. The number of rotatable bonds is 5. The number of aromatic amines is 1. The molecule has 0 spiro atoms. The number of hydrogen-bond acceptors (Lipinski definition) is 6. The Morgan fingerprint density at radius 2 is 1.92 bits per heavy atom. The molecule has 1 atom stereocenters. The first-order chi connectivity index (χ1) is 18.5. The smallest absolute Gasteiger partial charge is 0.251 e. The molecule has 6 rings (SSSR count). The SMILES string of the molecule is COc1ncccc1-c1ccc(O)c(-c2nc3cc(C(=O)NC4CC(=O)Nc5ccccc54)ccc3[nH]2)c1. The van der Waals surface area contributed by atoms with Gasteiger partial charge in [-0.05, 0) is 59.7 Å². The molecule has 3 aromatic carbocycles. The normalized spacial score (nSPS) is 14.6. The van der Waals surface area contributed by atoms with E-state index in [4.69, 9.17) is 4.74 Å². The summed E-state index contributed by atoms with van der Waals surface area (Å²) in [5, 5.41) is 16.4. The quantitative estimate of drug-likeness (QED) is 0.271. The molecule has 4 N–H and O–H groups in total. The van der Waals surface area contributed by atoms with Crippen LogP contribution in [0.5, 0.6) is 11.6 Å². The summed E-state index contributed by atoms with van der Waals surface area (Å²) in [5.41, 5.74) is 5.35. The minimum absolute atomic E-state index is 0.0582. The van der Waals surface area contributed by atoms with Crippen LogP contribution in [0.1, 0.15) is 28.4 Å². The lowest BCUT2D eigenvalue weighted by Crippen LogP contribution is -2.35. The third kappa shape index (κ3) is 4.20. The number of methoxy groups -OCH3 is 1. The molecular formula is C29H23N5O4. The van der Waals surface area contributed by atoms with E-state index in [-0.39, 0.29) is 24.0 Å². The number of nitrogens with zero attached hydrogens (tertiary/aromatic N) is 2. The first kappa shape index (κ1) is 23.2. The van der Waals surface area contributed by atoms with Gasteiger partial charge in [-0.3, -0.25) is 9.59 Å². The number of carbonyl (C=O) groups is 2. The molecule has 1 aliphatic heterocycles. The summed E-state index contributed by atoms with van der Waals surface area (Å²) in [5.74, 6) is 0.537. The summed E-state index contributed by atoms with van der Waals surface area (Å²) in [4.78, 5) is 37.4. The van der Waals surface area contributed by atoms with Gasteiger partial charge in [-0.15, -0.1) is 0 Å². The number of hydrogen-bond donors (Lipinski definition) is 4. The highest BCUT2D eigenvalue weighted by Gasteiger charge is 2.26. The maximum absolute atomic E-state index is 13.1. The molecule has 0 saturated carbocycles. The number of H-pyrrole nitrogens is 1. The van der Waals surface area contributed by atoms with Gasteiger partial charge in [-0.2, -0.15) is 0 Å². The fourth-order valence-electron chi connectivity index (χ4n) is 4.72. The highest BCUT2D eigenvalue weighted by Crippen LogP contribution is 2.36. The predicted octanol–water partition coefficient (Wildman–Crippen LogP) is 4.82. The van der Waals surface area contributed by atoms with E-state index in [9.17, 15) is 14.7 Å². The van der Waals surface area contributed by atoms with Crippen LogP contribution >= 0.6 is 0 Å². The Hall–Kier alpha value is -5.18. The standard InChI is InChI=1S/C29H23N5O4/c1-38-29-18(6-4-12-30-29)16-9-11-25(35)20(13-16)27-32-22-10-8-17(14-24(22)33-27)28(37)34-23-15-26(36)31-21-7-3-2-5-19(21)23/h2-14,23,35H,15H2,1H3,(H,31,36)(H,32,33)(H,34,37). The van der Waals surface area contributed by atoms with Gasteiger partial charge in [0, 0.05) is 23.0 Å². The monoisotopic (exact) mass is 505 g/mol. The molecule has 9 heteroatoms. The maximum atomic E-state index is 13.1. The molecule has 2 aromatic heterocycles. The molecule has 9 nitrogen and oxygen atoms in total. The number of phenolic OH excluding ortho intramolecular Hbond substituents is 1. The van der Waals surface area contributed by atoms with Crippen molar-refractivity contribution in [2.24, 2.45) is 0 Å². The fourth-order valence-corrected chi connectivity index (χ4v) is 4.72. The summed E-state index contributed by atoms with van der Waals surface area (Å²) >= 11 is 0. The molecule has 188 valence electrons. The maximum Gasteiger partial charge on any atom is 0.251 e. The molecule has 38 heavy (non-hydrogen) atoms. The Morgan fingerprint density at radius 1 is 1.05 bits per heavy atom. The number of pyridine rings is 1. The number of phenols is 1. The van der Waals surface area contributed by atoms with Crippen LogP contribution < -0.4 is 15.4 Å². The van der Waals surface area contributed by atoms with Gasteiger partial charge in [-0.25, -0.2) is 9.97 Å². The Balaban J connectivity index is 1.30. The second-order valence-electron chi connectivity index (χ2n) is 8.98. The van der Waals surface area contributed by atoms with E-state index in [2.05, 4.69) is 25.6 Å². The van der Waals surface area contributed by atoms with Gasteiger partial charge < -0.3 is 25.5 Å². The molecule has 0 aliphatic carbocycles. The minimum Gasteiger partial charge on any atom is -0.507 e. The van der Waals surface area contributed by atoms with Crippen molar-refractivity contribution >= 4 is 28.5 Å². The van der Waals surface area contributed by atoms with E-state index in [0.29, 0.717) is 39.6 Å². The number of benzene rings is 3. The molecule has 0 fully saturated rings. The predicted molar refractivity (Wildman–Crippen MR) is 143 cm³/mol. The molecule has 5 aromatic rings. The van der Waals surface area contributed by atoms with Crippen molar-refractivity contribution in [3.05, 3.63) is 90.1 Å². The number of nitrogens with one attached hydrogen (secondary N) is 3. The van der Waals surface area contributed by atoms with E-state index >= 15 is 0 Å². The van der Waals surface area contributed by atoms with Gasteiger partial charge in [0.1, 0.15) is 11.6 Å². The summed E-state index contributed by atoms with van der Waals surface area (Å²) in [6.45, 7) is 0. The summed E-state index contributed by atoms with van der Waals surface area (Å²) in [6, 6.07) is 21.1. The van der Waals surface area contributed by atoms with Crippen LogP contribution in [0, 0.1) is 0 Å². The lowest BCUT2D eigenvalue weighted by Gasteiger charge is -2.26. The van der Waals surface area contributed by atoms with Crippen LogP contribution in [-0.2, 0) is 4.79 Å². The number of aromatic nitrogens is 3. The van der Waals surface area contributed by atoms with Gasteiger partial charge in [0.05, 0.1) is 36.2 Å². The zero-order chi connectivity index (χ0) is 26.2. The lowest BCUT2D eigenvalue weighted by molar-refractivity contribution is -0.116. The van der Waals surface area contributed by atoms with E-state index in [1.54, 1.807) is 43.6 Å². The van der Waals surface area contributed by atoms with Gasteiger partial charge in [0.25, 0.3) is 5.91 Å². The Bertz CT molecular complexity index is 1710. The molecule has 3 heterocycles. The second-order valence-corrected chi connectivity index (χ2v) is 8.98. The average Bonchev–Trinajstić information content (AvgIpc) is 3.36. The van der Waals surface area contributed by atoms with Crippen LogP contribution in [0.3, 0.4) is 0 Å². The number of aromatic hydroxyl groups is 1. The van der Waals surface area contributed by atoms with E-state index in [0.717, 1.165) is 16.7 Å². The Labute approximate surface area is 217 Å². The van der Waals surface area contributed by atoms with Crippen LogP contribution in [0.4, 0.5) is 5.69 Å². The summed E-state index contributed by atoms with van der Waals surface area (Å²) in [7, 11) is 1.56. The van der Waals surface area contributed by atoms with Crippen molar-refractivity contribution in [2.45, 2.75) is 12.5 Å². The molecule has 2 amide bonds. The topological polar surface area (TPSA) is 129 Å². The molecule has 0 bridgehead atoms. The minimum atomic E-state index is -0.429. The number of para-hydroxylation sites is 1. The number of amides is 2. The number of imidazole rings is 1. The van der Waals surface area contributed by atoms with Gasteiger partial charge in [0.2, 0.25) is 11.8 Å². The highest BCUT2D eigenvalue weighted by atomic mass is 16.5. The Kier molecular flexibility index (Phi) is 5.72. The van der Waals surface area contributed by atoms with Crippen LogP contribution in [0.2, 0.25) is 0 Å². The van der Waals surface area contributed by atoms with Crippen LogP contribution in [0.25, 0.3) is 33.5 Å². The Morgan fingerprint density at radius 3 is 2.79 bits per heavy atom. The number of fused-ring (bicyclic) bond motifs is 2. The largest absolute Gasteiger partial charge is 0.507 e. The average molecular weight is 506 g/mol. The first-order valence-corrected chi connectivity index (χ1v) is 12.0. The molecule has 1 unspecified atom stereocenters. The number of anilines is 1. The molecule has 0 radical (unpaired) electrons. The third-order valence-electron chi connectivity index (χ3n) is 6.58. The number of ether oxygens (including phenoxy) is 1. The van der Waals surface area contributed by atoms with E-state index < -0.39 is 6.04 Å².